The number of hydrogen-bond acceptors (Lipinski definition) is 3. The third-order valence-electron chi connectivity index (χ3n) is 3.10. The van der Waals surface area contributed by atoms with E-state index in [9.17, 15) is 9.59 Å². The maximum atomic E-state index is 11.8. The van der Waals surface area contributed by atoms with Crippen LogP contribution in [-0.4, -0.2) is 18.4 Å². The zero-order chi connectivity index (χ0) is 13.5. The van der Waals surface area contributed by atoms with Crippen LogP contribution in [0.4, 0.5) is 0 Å². The van der Waals surface area contributed by atoms with Gasteiger partial charge in [0.2, 0.25) is 11.8 Å². The summed E-state index contributed by atoms with van der Waals surface area (Å²) in [6, 6.07) is 3.55. The van der Waals surface area contributed by atoms with E-state index in [0.717, 1.165) is 19.3 Å². The van der Waals surface area contributed by atoms with Gasteiger partial charge in [0.05, 0.1) is 19.4 Å². The van der Waals surface area contributed by atoms with Crippen LogP contribution >= 0.6 is 0 Å². The smallest absolute Gasteiger partial charge is 0.239 e. The third-order valence-corrected chi connectivity index (χ3v) is 3.10. The van der Waals surface area contributed by atoms with Crippen molar-refractivity contribution in [3.8, 4) is 0 Å². The first-order valence-electron chi connectivity index (χ1n) is 6.47. The van der Waals surface area contributed by atoms with Gasteiger partial charge in [0.25, 0.3) is 0 Å². The number of amides is 2. The molecule has 5 heteroatoms. The number of rotatable bonds is 5. The van der Waals surface area contributed by atoms with E-state index in [1.807, 2.05) is 6.08 Å². The Labute approximate surface area is 112 Å². The molecular formula is C14H18N2O3. The molecule has 2 amide bonds. The second-order valence-electron chi connectivity index (χ2n) is 4.56. The highest BCUT2D eigenvalue weighted by Crippen LogP contribution is 2.17. The summed E-state index contributed by atoms with van der Waals surface area (Å²) < 4.78 is 5.09. The van der Waals surface area contributed by atoms with Crippen molar-refractivity contribution < 1.29 is 14.0 Å². The number of allylic oxidation sites excluding steroid dienone is 2. The molecule has 0 radical (unpaired) electrons. The van der Waals surface area contributed by atoms with E-state index in [4.69, 9.17) is 4.42 Å². The Hall–Kier alpha value is -2.04. The van der Waals surface area contributed by atoms with Gasteiger partial charge in [0.1, 0.15) is 5.76 Å². The standard InChI is InChI=1S/C14H18N2O3/c17-13(15-9-12-7-4-8-19-12)10-16-14(18)11-5-2-1-3-6-11/h1-2,4,7-8,11H,3,5-6,9-10H2,(H,15,17)(H,16,18)/t11-/m0/s1. The second-order valence-corrected chi connectivity index (χ2v) is 4.56. The van der Waals surface area contributed by atoms with Crippen LogP contribution in [0.25, 0.3) is 0 Å². The summed E-state index contributed by atoms with van der Waals surface area (Å²) in [5.41, 5.74) is 0. The van der Waals surface area contributed by atoms with Gasteiger partial charge in [-0.1, -0.05) is 12.2 Å². The van der Waals surface area contributed by atoms with Gasteiger partial charge < -0.3 is 15.1 Å². The average Bonchev–Trinajstić information content (AvgIpc) is 2.96. The monoisotopic (exact) mass is 262 g/mol. The third kappa shape index (κ3) is 4.28. The van der Waals surface area contributed by atoms with E-state index >= 15 is 0 Å². The van der Waals surface area contributed by atoms with Gasteiger partial charge >= 0.3 is 0 Å². The lowest BCUT2D eigenvalue weighted by atomic mass is 9.94. The number of carbonyl (C=O) groups is 2. The predicted molar refractivity (Wildman–Crippen MR) is 70.0 cm³/mol. The Morgan fingerprint density at radius 1 is 1.32 bits per heavy atom. The highest BCUT2D eigenvalue weighted by Gasteiger charge is 2.18. The Morgan fingerprint density at radius 2 is 2.21 bits per heavy atom. The fourth-order valence-electron chi connectivity index (χ4n) is 2.00. The van der Waals surface area contributed by atoms with Crippen molar-refractivity contribution in [2.24, 2.45) is 5.92 Å². The topological polar surface area (TPSA) is 71.3 Å². The Kier molecular flexibility index (Phi) is 4.78. The molecule has 0 fully saturated rings. The first-order chi connectivity index (χ1) is 9.25. The molecule has 0 unspecified atom stereocenters. The van der Waals surface area contributed by atoms with Crippen molar-refractivity contribution in [1.29, 1.82) is 0 Å². The second kappa shape index (κ2) is 6.78. The van der Waals surface area contributed by atoms with E-state index in [1.54, 1.807) is 18.4 Å². The molecule has 0 aliphatic heterocycles. The fraction of sp³-hybridized carbons (Fsp3) is 0.429. The summed E-state index contributed by atoms with van der Waals surface area (Å²) in [5, 5.41) is 5.35. The van der Waals surface area contributed by atoms with E-state index in [0.29, 0.717) is 12.3 Å². The molecular weight excluding hydrogens is 244 g/mol. The zero-order valence-corrected chi connectivity index (χ0v) is 10.7. The molecule has 1 aromatic rings. The minimum absolute atomic E-state index is 0.00266. The van der Waals surface area contributed by atoms with Crippen LogP contribution in [0.5, 0.6) is 0 Å². The molecule has 1 aliphatic rings. The molecule has 1 atom stereocenters. The summed E-state index contributed by atoms with van der Waals surface area (Å²) in [7, 11) is 0. The summed E-state index contributed by atoms with van der Waals surface area (Å²) in [5.74, 6) is 0.438. The Morgan fingerprint density at radius 3 is 2.89 bits per heavy atom. The molecule has 0 spiro atoms. The van der Waals surface area contributed by atoms with Crippen LogP contribution in [0.1, 0.15) is 25.0 Å². The lowest BCUT2D eigenvalue weighted by Gasteiger charge is -2.16. The average molecular weight is 262 g/mol. The highest BCUT2D eigenvalue weighted by atomic mass is 16.3. The van der Waals surface area contributed by atoms with Crippen LogP contribution in [0.3, 0.4) is 0 Å². The van der Waals surface area contributed by atoms with Crippen molar-refractivity contribution >= 4 is 11.8 Å². The van der Waals surface area contributed by atoms with Crippen molar-refractivity contribution in [3.63, 3.8) is 0 Å². The van der Waals surface area contributed by atoms with Gasteiger partial charge in [-0.15, -0.1) is 0 Å². The molecule has 2 rings (SSSR count). The molecule has 1 heterocycles. The van der Waals surface area contributed by atoms with Gasteiger partial charge in [-0.25, -0.2) is 0 Å². The van der Waals surface area contributed by atoms with Gasteiger partial charge in [0.15, 0.2) is 0 Å². The van der Waals surface area contributed by atoms with Crippen LogP contribution < -0.4 is 10.6 Å². The summed E-state index contributed by atoms with van der Waals surface area (Å²) in [6.45, 7) is 0.355. The number of carbonyl (C=O) groups excluding carboxylic acids is 2. The van der Waals surface area contributed by atoms with Crippen molar-refractivity contribution in [2.75, 3.05) is 6.54 Å². The minimum Gasteiger partial charge on any atom is -0.467 e. The molecule has 0 saturated carbocycles. The van der Waals surface area contributed by atoms with Crippen molar-refractivity contribution in [2.45, 2.75) is 25.8 Å². The lowest BCUT2D eigenvalue weighted by Crippen LogP contribution is -2.39. The van der Waals surface area contributed by atoms with E-state index < -0.39 is 0 Å². The van der Waals surface area contributed by atoms with Gasteiger partial charge in [-0.2, -0.15) is 0 Å². The maximum absolute atomic E-state index is 11.8. The van der Waals surface area contributed by atoms with E-state index in [1.165, 1.54) is 0 Å². The molecule has 1 aliphatic carbocycles. The first-order valence-corrected chi connectivity index (χ1v) is 6.47. The molecule has 0 aromatic carbocycles. The van der Waals surface area contributed by atoms with Crippen molar-refractivity contribution in [3.05, 3.63) is 36.3 Å². The maximum Gasteiger partial charge on any atom is 0.239 e. The zero-order valence-electron chi connectivity index (χ0n) is 10.7. The Balaban J connectivity index is 1.65. The first kappa shape index (κ1) is 13.4. The number of furan rings is 1. The Bertz CT molecular complexity index is 451. The largest absolute Gasteiger partial charge is 0.467 e. The molecule has 0 saturated heterocycles. The molecule has 0 bridgehead atoms. The summed E-state index contributed by atoms with van der Waals surface area (Å²) in [4.78, 5) is 23.3. The normalized spacial score (nSPS) is 18.0. The minimum atomic E-state index is -0.212. The van der Waals surface area contributed by atoms with Crippen LogP contribution in [0.15, 0.2) is 35.0 Å². The van der Waals surface area contributed by atoms with Crippen LogP contribution in [0, 0.1) is 5.92 Å². The summed E-state index contributed by atoms with van der Waals surface area (Å²) in [6.07, 6.45) is 8.21. The number of hydrogen-bond donors (Lipinski definition) is 2. The van der Waals surface area contributed by atoms with Gasteiger partial charge in [0, 0.05) is 5.92 Å². The fourth-order valence-corrected chi connectivity index (χ4v) is 2.00. The quantitative estimate of drug-likeness (QED) is 0.787. The van der Waals surface area contributed by atoms with Crippen LogP contribution in [0.2, 0.25) is 0 Å². The van der Waals surface area contributed by atoms with Crippen molar-refractivity contribution in [1.82, 2.24) is 10.6 Å². The predicted octanol–water partition coefficient (Wildman–Crippen LogP) is 1.37. The lowest BCUT2D eigenvalue weighted by molar-refractivity contribution is -0.128. The molecule has 102 valence electrons. The van der Waals surface area contributed by atoms with Gasteiger partial charge in [-0.3, -0.25) is 9.59 Å². The van der Waals surface area contributed by atoms with E-state index in [2.05, 4.69) is 16.7 Å². The molecule has 19 heavy (non-hydrogen) atoms. The SMILES string of the molecule is O=C(CNC(=O)[C@H]1CC=CCC1)NCc1ccco1. The van der Waals surface area contributed by atoms with Crippen LogP contribution in [-0.2, 0) is 16.1 Å². The van der Waals surface area contributed by atoms with E-state index in [-0.39, 0.29) is 24.3 Å². The molecule has 1 aromatic heterocycles. The van der Waals surface area contributed by atoms with Gasteiger partial charge in [-0.05, 0) is 31.4 Å². The number of nitrogens with one attached hydrogen (secondary N) is 2. The molecule has 5 nitrogen and oxygen atoms in total. The summed E-state index contributed by atoms with van der Waals surface area (Å²) >= 11 is 0. The highest BCUT2D eigenvalue weighted by molar-refractivity contribution is 5.85. The molecule has 2 N–H and O–H groups in total.